The maximum absolute atomic E-state index is 6.25. The third-order valence-electron chi connectivity index (χ3n) is 3.93. The van der Waals surface area contributed by atoms with Gasteiger partial charge in [0.05, 0.1) is 0 Å². The van der Waals surface area contributed by atoms with Crippen LogP contribution < -0.4 is 4.74 Å². The van der Waals surface area contributed by atoms with Crippen molar-refractivity contribution in [3.63, 3.8) is 0 Å². The molecule has 0 aliphatic carbocycles. The summed E-state index contributed by atoms with van der Waals surface area (Å²) < 4.78 is 6.25. The van der Waals surface area contributed by atoms with Crippen LogP contribution in [0.25, 0.3) is 0 Å². The largest absolute Gasteiger partial charge is 0.457 e. The molecule has 0 saturated carbocycles. The van der Waals surface area contributed by atoms with Crippen molar-refractivity contribution in [3.8, 4) is 23.0 Å². The highest BCUT2D eigenvalue weighted by atomic mass is 28.3. The maximum atomic E-state index is 6.25. The first-order valence-electron chi connectivity index (χ1n) is 9.03. The summed E-state index contributed by atoms with van der Waals surface area (Å²) in [6, 6.07) is 14.7. The molecule has 0 spiro atoms. The van der Waals surface area contributed by atoms with Gasteiger partial charge in [-0.3, -0.25) is 0 Å². The number of hydrogen-bond acceptors (Lipinski definition) is 1. The van der Waals surface area contributed by atoms with Gasteiger partial charge in [-0.2, -0.15) is 0 Å². The fraction of sp³-hybridized carbons (Fsp3) is 0.391. The molecule has 0 fully saturated rings. The second kappa shape index (κ2) is 7.50. The van der Waals surface area contributed by atoms with E-state index in [0.29, 0.717) is 0 Å². The topological polar surface area (TPSA) is 9.23 Å². The van der Waals surface area contributed by atoms with Gasteiger partial charge < -0.3 is 4.74 Å². The molecular formula is C23H30OSi. The summed E-state index contributed by atoms with van der Waals surface area (Å²) in [6.07, 6.45) is 1.04. The van der Waals surface area contributed by atoms with Crippen molar-refractivity contribution >= 4 is 8.07 Å². The van der Waals surface area contributed by atoms with Crippen molar-refractivity contribution in [2.75, 3.05) is 0 Å². The number of benzene rings is 2. The van der Waals surface area contributed by atoms with E-state index in [1.165, 1.54) is 11.1 Å². The van der Waals surface area contributed by atoms with Crippen molar-refractivity contribution in [1.29, 1.82) is 0 Å². The highest BCUT2D eigenvalue weighted by molar-refractivity contribution is 6.83. The number of aryl methyl sites for hydroxylation is 1. The first kappa shape index (κ1) is 19.3. The molecule has 0 aromatic heterocycles. The van der Waals surface area contributed by atoms with Crippen molar-refractivity contribution in [2.24, 2.45) is 0 Å². The summed E-state index contributed by atoms with van der Waals surface area (Å²) in [5, 5.41) is 0. The molecule has 25 heavy (non-hydrogen) atoms. The first-order valence-corrected chi connectivity index (χ1v) is 12.5. The molecule has 0 atom stereocenters. The fourth-order valence-electron chi connectivity index (χ4n) is 2.48. The molecule has 2 aromatic carbocycles. The molecule has 132 valence electrons. The summed E-state index contributed by atoms with van der Waals surface area (Å²) in [4.78, 5) is 0. The monoisotopic (exact) mass is 350 g/mol. The van der Waals surface area contributed by atoms with Crippen LogP contribution >= 0.6 is 0 Å². The van der Waals surface area contributed by atoms with Gasteiger partial charge in [0, 0.05) is 11.1 Å². The second-order valence-corrected chi connectivity index (χ2v) is 13.3. The Bertz CT molecular complexity index is 778. The Morgan fingerprint density at radius 2 is 1.60 bits per heavy atom. The third-order valence-corrected chi connectivity index (χ3v) is 4.81. The highest BCUT2D eigenvalue weighted by Crippen LogP contribution is 2.35. The zero-order valence-electron chi connectivity index (χ0n) is 16.7. The molecule has 2 rings (SSSR count). The smallest absolute Gasteiger partial charge is 0.132 e. The van der Waals surface area contributed by atoms with Gasteiger partial charge in [-0.25, -0.2) is 0 Å². The van der Waals surface area contributed by atoms with Gasteiger partial charge in [0.1, 0.15) is 19.6 Å². The third kappa shape index (κ3) is 5.79. The fourth-order valence-corrected chi connectivity index (χ4v) is 3.00. The van der Waals surface area contributed by atoms with E-state index < -0.39 is 8.07 Å². The van der Waals surface area contributed by atoms with E-state index in [4.69, 9.17) is 4.74 Å². The molecule has 0 heterocycles. The number of rotatable bonds is 3. The number of hydrogen-bond donors (Lipinski definition) is 0. The number of ether oxygens (including phenoxy) is 1. The van der Waals surface area contributed by atoms with Gasteiger partial charge in [-0.15, -0.1) is 5.54 Å². The second-order valence-electron chi connectivity index (χ2n) is 8.56. The first-order chi connectivity index (χ1) is 11.6. The van der Waals surface area contributed by atoms with Crippen LogP contribution in [0.4, 0.5) is 0 Å². The summed E-state index contributed by atoms with van der Waals surface area (Å²) in [6.45, 7) is 15.6. The van der Waals surface area contributed by atoms with E-state index in [9.17, 15) is 0 Å². The average Bonchev–Trinajstić information content (AvgIpc) is 2.52. The lowest BCUT2D eigenvalue weighted by Crippen LogP contribution is -2.16. The van der Waals surface area contributed by atoms with Gasteiger partial charge in [-0.1, -0.05) is 71.5 Å². The van der Waals surface area contributed by atoms with Gasteiger partial charge in [0.15, 0.2) is 0 Å². The standard InChI is InChI=1S/C23H30OSi/c1-8-18-9-12-20(13-10-18)24-22-17-19(15-16-25(5,6)7)11-14-21(22)23(2,3)4/h9-14,17H,8H2,1-7H3. The molecule has 0 aliphatic heterocycles. The molecular weight excluding hydrogens is 320 g/mol. The lowest BCUT2D eigenvalue weighted by molar-refractivity contribution is 0.455. The van der Waals surface area contributed by atoms with E-state index >= 15 is 0 Å². The van der Waals surface area contributed by atoms with Crippen molar-refractivity contribution in [1.82, 2.24) is 0 Å². The van der Waals surface area contributed by atoms with E-state index in [0.717, 1.165) is 23.5 Å². The van der Waals surface area contributed by atoms with Gasteiger partial charge in [0.2, 0.25) is 0 Å². The molecule has 0 amide bonds. The van der Waals surface area contributed by atoms with E-state index in [-0.39, 0.29) is 5.41 Å². The molecule has 2 heteroatoms. The van der Waals surface area contributed by atoms with Crippen LogP contribution in [-0.4, -0.2) is 8.07 Å². The lowest BCUT2D eigenvalue weighted by atomic mass is 9.86. The van der Waals surface area contributed by atoms with Crippen molar-refractivity contribution in [3.05, 3.63) is 59.2 Å². The van der Waals surface area contributed by atoms with E-state index in [2.05, 4.69) is 89.1 Å². The van der Waals surface area contributed by atoms with Crippen molar-refractivity contribution < 1.29 is 4.74 Å². The predicted octanol–water partition coefficient (Wildman–Crippen LogP) is 6.57. The minimum atomic E-state index is -1.39. The lowest BCUT2D eigenvalue weighted by Gasteiger charge is -2.23. The molecule has 0 radical (unpaired) electrons. The molecule has 0 unspecified atom stereocenters. The molecule has 0 saturated heterocycles. The summed E-state index contributed by atoms with van der Waals surface area (Å²) in [5.41, 5.74) is 6.99. The average molecular weight is 351 g/mol. The zero-order valence-corrected chi connectivity index (χ0v) is 17.7. The van der Waals surface area contributed by atoms with Gasteiger partial charge in [0.25, 0.3) is 0 Å². The molecule has 2 aromatic rings. The summed E-state index contributed by atoms with van der Waals surface area (Å²) in [7, 11) is -1.39. The SMILES string of the molecule is CCc1ccc(Oc2cc(C#C[Si](C)(C)C)ccc2C(C)(C)C)cc1. The molecule has 0 N–H and O–H groups in total. The Kier molecular flexibility index (Phi) is 5.80. The Hall–Kier alpha value is -1.98. The van der Waals surface area contributed by atoms with Crippen LogP contribution in [0.3, 0.4) is 0 Å². The van der Waals surface area contributed by atoms with Gasteiger partial charge in [-0.05, 0) is 41.7 Å². The summed E-state index contributed by atoms with van der Waals surface area (Å²) in [5.74, 6) is 5.11. The quantitative estimate of drug-likeness (QED) is 0.449. The highest BCUT2D eigenvalue weighted by Gasteiger charge is 2.20. The van der Waals surface area contributed by atoms with Crippen LogP contribution in [-0.2, 0) is 11.8 Å². The predicted molar refractivity (Wildman–Crippen MR) is 111 cm³/mol. The molecule has 0 aliphatic rings. The van der Waals surface area contributed by atoms with E-state index in [1.807, 2.05) is 12.1 Å². The van der Waals surface area contributed by atoms with Crippen LogP contribution in [0.5, 0.6) is 11.5 Å². The Balaban J connectivity index is 2.41. The van der Waals surface area contributed by atoms with Crippen LogP contribution in [0.2, 0.25) is 19.6 Å². The minimum absolute atomic E-state index is 0.0173. The molecule has 0 bridgehead atoms. The van der Waals surface area contributed by atoms with Crippen LogP contribution in [0.1, 0.15) is 44.4 Å². The van der Waals surface area contributed by atoms with Gasteiger partial charge >= 0.3 is 0 Å². The Morgan fingerprint density at radius 3 is 2.12 bits per heavy atom. The van der Waals surface area contributed by atoms with E-state index in [1.54, 1.807) is 0 Å². The zero-order chi connectivity index (χ0) is 18.7. The Labute approximate surface area is 154 Å². The maximum Gasteiger partial charge on any atom is 0.132 e. The summed E-state index contributed by atoms with van der Waals surface area (Å²) >= 11 is 0. The minimum Gasteiger partial charge on any atom is -0.457 e. The Morgan fingerprint density at radius 1 is 0.960 bits per heavy atom. The van der Waals surface area contributed by atoms with Crippen LogP contribution in [0.15, 0.2) is 42.5 Å². The van der Waals surface area contributed by atoms with Crippen molar-refractivity contribution in [2.45, 2.75) is 59.2 Å². The van der Waals surface area contributed by atoms with Crippen LogP contribution in [0, 0.1) is 11.5 Å². The molecule has 1 nitrogen and oxygen atoms in total. The normalized spacial score (nSPS) is 11.6.